The fourth-order valence-corrected chi connectivity index (χ4v) is 3.54. The molecule has 130 valence electrons. The Bertz CT molecular complexity index is 1050. The third-order valence-electron chi connectivity index (χ3n) is 4.04. The molecule has 26 heavy (non-hydrogen) atoms. The van der Waals surface area contributed by atoms with Crippen LogP contribution in [-0.2, 0) is 6.54 Å². The molecule has 1 amide bonds. The van der Waals surface area contributed by atoms with Crippen LogP contribution in [0.4, 0.5) is 0 Å². The Morgan fingerprint density at radius 1 is 1.23 bits per heavy atom. The quantitative estimate of drug-likeness (QED) is 0.566. The molecule has 0 aliphatic heterocycles. The van der Waals surface area contributed by atoms with Crippen molar-refractivity contribution < 1.29 is 13.9 Å². The van der Waals surface area contributed by atoms with Crippen molar-refractivity contribution in [1.29, 1.82) is 0 Å². The molecule has 0 aliphatic carbocycles. The number of carbonyl (C=O) groups is 1. The molecule has 1 N–H and O–H groups in total. The molecule has 0 radical (unpaired) electrons. The molecule has 4 rings (SSSR count). The summed E-state index contributed by atoms with van der Waals surface area (Å²) in [6, 6.07) is 15.1. The SMILES string of the molecule is COc1cccc2cc(C(=O)NCc3cccnc3-c3cccs3)oc12. The second-order valence-corrected chi connectivity index (χ2v) is 6.61. The van der Waals surface area contributed by atoms with Gasteiger partial charge >= 0.3 is 0 Å². The summed E-state index contributed by atoms with van der Waals surface area (Å²) in [6.45, 7) is 0.369. The fourth-order valence-electron chi connectivity index (χ4n) is 2.79. The second kappa shape index (κ2) is 7.01. The van der Waals surface area contributed by atoms with E-state index in [9.17, 15) is 4.79 Å². The van der Waals surface area contributed by atoms with E-state index < -0.39 is 0 Å². The number of thiophene rings is 1. The predicted molar refractivity (Wildman–Crippen MR) is 101 cm³/mol. The molecule has 0 bridgehead atoms. The molecule has 0 fully saturated rings. The number of methoxy groups -OCH3 is 1. The number of amides is 1. The van der Waals surface area contributed by atoms with E-state index in [4.69, 9.17) is 9.15 Å². The number of carbonyl (C=O) groups excluding carboxylic acids is 1. The van der Waals surface area contributed by atoms with E-state index in [1.807, 2.05) is 41.8 Å². The van der Waals surface area contributed by atoms with Crippen LogP contribution >= 0.6 is 11.3 Å². The van der Waals surface area contributed by atoms with E-state index in [2.05, 4.69) is 10.3 Å². The van der Waals surface area contributed by atoms with E-state index in [-0.39, 0.29) is 11.7 Å². The zero-order valence-electron chi connectivity index (χ0n) is 14.1. The Labute approximate surface area is 154 Å². The minimum atomic E-state index is -0.274. The Balaban J connectivity index is 1.55. The molecule has 0 spiro atoms. The van der Waals surface area contributed by atoms with Crippen LogP contribution in [0.5, 0.6) is 5.75 Å². The van der Waals surface area contributed by atoms with Crippen LogP contribution in [0.15, 0.2) is 64.5 Å². The van der Waals surface area contributed by atoms with Gasteiger partial charge in [-0.25, -0.2) is 0 Å². The van der Waals surface area contributed by atoms with Crippen LogP contribution in [0.2, 0.25) is 0 Å². The maximum atomic E-state index is 12.5. The number of nitrogens with one attached hydrogen (secondary N) is 1. The molecular weight excluding hydrogens is 348 g/mol. The molecule has 4 aromatic rings. The lowest BCUT2D eigenvalue weighted by molar-refractivity contribution is 0.0925. The monoisotopic (exact) mass is 364 g/mol. The summed E-state index contributed by atoms with van der Waals surface area (Å²) in [7, 11) is 1.57. The first-order valence-corrected chi connectivity index (χ1v) is 8.97. The van der Waals surface area contributed by atoms with Gasteiger partial charge in [-0.2, -0.15) is 0 Å². The first-order chi connectivity index (χ1) is 12.8. The van der Waals surface area contributed by atoms with E-state index in [1.54, 1.807) is 36.8 Å². The highest BCUT2D eigenvalue weighted by Crippen LogP contribution is 2.29. The van der Waals surface area contributed by atoms with Crippen molar-refractivity contribution in [2.24, 2.45) is 0 Å². The zero-order chi connectivity index (χ0) is 17.9. The van der Waals surface area contributed by atoms with Crippen LogP contribution < -0.4 is 10.1 Å². The van der Waals surface area contributed by atoms with E-state index >= 15 is 0 Å². The van der Waals surface area contributed by atoms with E-state index in [0.29, 0.717) is 17.9 Å². The molecule has 3 aromatic heterocycles. The van der Waals surface area contributed by atoms with Crippen molar-refractivity contribution in [3.63, 3.8) is 0 Å². The van der Waals surface area contributed by atoms with Gasteiger partial charge in [-0.3, -0.25) is 9.78 Å². The Kier molecular flexibility index (Phi) is 4.41. The Morgan fingerprint density at radius 3 is 2.96 bits per heavy atom. The average molecular weight is 364 g/mol. The van der Waals surface area contributed by atoms with Crippen LogP contribution in [0, 0.1) is 0 Å². The van der Waals surface area contributed by atoms with Gasteiger partial charge < -0.3 is 14.5 Å². The summed E-state index contributed by atoms with van der Waals surface area (Å²) < 4.78 is 11.0. The fraction of sp³-hybridized carbons (Fsp3) is 0.100. The molecule has 5 nitrogen and oxygen atoms in total. The smallest absolute Gasteiger partial charge is 0.287 e. The number of para-hydroxylation sites is 1. The molecule has 0 saturated heterocycles. The number of fused-ring (bicyclic) bond motifs is 1. The summed E-state index contributed by atoms with van der Waals surface area (Å²) in [4.78, 5) is 18.0. The van der Waals surface area contributed by atoms with Gasteiger partial charge in [0.05, 0.1) is 17.7 Å². The minimum Gasteiger partial charge on any atom is -0.493 e. The number of rotatable bonds is 5. The largest absolute Gasteiger partial charge is 0.493 e. The highest BCUT2D eigenvalue weighted by atomic mass is 32.1. The molecule has 6 heteroatoms. The Hall–Kier alpha value is -3.12. The van der Waals surface area contributed by atoms with Crippen LogP contribution in [0.1, 0.15) is 16.1 Å². The predicted octanol–water partition coefficient (Wildman–Crippen LogP) is 4.49. The van der Waals surface area contributed by atoms with E-state index in [1.165, 1.54) is 0 Å². The summed E-state index contributed by atoms with van der Waals surface area (Å²) in [5.74, 6) is 0.587. The van der Waals surface area contributed by atoms with E-state index in [0.717, 1.165) is 21.5 Å². The molecule has 3 heterocycles. The number of pyridine rings is 1. The summed E-state index contributed by atoms with van der Waals surface area (Å²) in [5.41, 5.74) is 2.41. The van der Waals surface area contributed by atoms with Crippen molar-refractivity contribution in [1.82, 2.24) is 10.3 Å². The average Bonchev–Trinajstić information content (AvgIpc) is 3.35. The van der Waals surface area contributed by atoms with Crippen LogP contribution in [-0.4, -0.2) is 18.0 Å². The molecule has 0 saturated carbocycles. The van der Waals surface area contributed by atoms with Crippen molar-refractivity contribution in [3.05, 3.63) is 71.4 Å². The number of hydrogen-bond acceptors (Lipinski definition) is 5. The summed E-state index contributed by atoms with van der Waals surface area (Å²) >= 11 is 1.62. The Morgan fingerprint density at radius 2 is 2.15 bits per heavy atom. The maximum Gasteiger partial charge on any atom is 0.287 e. The maximum absolute atomic E-state index is 12.5. The summed E-state index contributed by atoms with van der Waals surface area (Å²) in [5, 5.41) is 5.74. The first kappa shape index (κ1) is 16.4. The summed E-state index contributed by atoms with van der Waals surface area (Å²) in [6.07, 6.45) is 1.76. The second-order valence-electron chi connectivity index (χ2n) is 5.66. The first-order valence-electron chi connectivity index (χ1n) is 8.09. The molecule has 0 unspecified atom stereocenters. The van der Waals surface area contributed by atoms with Gasteiger partial charge in [0, 0.05) is 18.1 Å². The van der Waals surface area contributed by atoms with Crippen molar-refractivity contribution >= 4 is 28.2 Å². The van der Waals surface area contributed by atoms with Crippen molar-refractivity contribution in [2.75, 3.05) is 7.11 Å². The topological polar surface area (TPSA) is 64.4 Å². The molecule has 1 aromatic carbocycles. The lowest BCUT2D eigenvalue weighted by Gasteiger charge is -2.07. The number of aromatic nitrogens is 1. The van der Waals surface area contributed by atoms with Gasteiger partial charge in [-0.05, 0) is 35.2 Å². The molecule has 0 atom stereocenters. The van der Waals surface area contributed by atoms with Gasteiger partial charge in [0.15, 0.2) is 17.1 Å². The number of furan rings is 1. The van der Waals surface area contributed by atoms with Crippen LogP contribution in [0.3, 0.4) is 0 Å². The van der Waals surface area contributed by atoms with Gasteiger partial charge in [-0.15, -0.1) is 11.3 Å². The highest BCUT2D eigenvalue weighted by molar-refractivity contribution is 7.13. The normalized spacial score (nSPS) is 10.8. The molecule has 0 aliphatic rings. The van der Waals surface area contributed by atoms with Crippen LogP contribution in [0.25, 0.3) is 21.5 Å². The van der Waals surface area contributed by atoms with Gasteiger partial charge in [0.1, 0.15) is 0 Å². The van der Waals surface area contributed by atoms with Gasteiger partial charge in [-0.1, -0.05) is 24.3 Å². The number of hydrogen-bond donors (Lipinski definition) is 1. The third kappa shape index (κ3) is 3.07. The van der Waals surface area contributed by atoms with Crippen molar-refractivity contribution in [2.45, 2.75) is 6.54 Å². The highest BCUT2D eigenvalue weighted by Gasteiger charge is 2.15. The minimum absolute atomic E-state index is 0.256. The zero-order valence-corrected chi connectivity index (χ0v) is 14.9. The lowest BCUT2D eigenvalue weighted by atomic mass is 10.1. The standard InChI is InChI=1S/C20H16N2O3S/c1-24-15-7-2-5-13-11-16(25-19(13)15)20(23)22-12-14-6-3-9-21-18(14)17-8-4-10-26-17/h2-11H,12H2,1H3,(H,22,23). The van der Waals surface area contributed by atoms with Gasteiger partial charge in [0.25, 0.3) is 5.91 Å². The molecular formula is C20H16N2O3S. The van der Waals surface area contributed by atoms with Crippen molar-refractivity contribution in [3.8, 4) is 16.3 Å². The lowest BCUT2D eigenvalue weighted by Crippen LogP contribution is -2.22. The number of ether oxygens (including phenoxy) is 1. The number of nitrogens with zero attached hydrogens (tertiary/aromatic N) is 1. The van der Waals surface area contributed by atoms with Gasteiger partial charge in [0.2, 0.25) is 0 Å². The number of benzene rings is 1. The third-order valence-corrected chi connectivity index (χ3v) is 4.91.